The van der Waals surface area contributed by atoms with Crippen molar-refractivity contribution in [2.45, 2.75) is 5.92 Å². The number of aromatic nitrogens is 3. The first kappa shape index (κ1) is 18.8. The minimum Gasteiger partial charge on any atom is -0.379 e. The molecule has 1 aliphatic heterocycles. The molecule has 0 saturated carbocycles. The van der Waals surface area contributed by atoms with Gasteiger partial charge in [-0.1, -0.05) is 54.1 Å². The number of H-pyrrole nitrogens is 1. The first-order valence-corrected chi connectivity index (χ1v) is 9.66. The Hall–Kier alpha value is -2.54. The van der Waals surface area contributed by atoms with Crippen LogP contribution in [0.2, 0.25) is 5.02 Å². The van der Waals surface area contributed by atoms with E-state index >= 15 is 0 Å². The fraction of sp³-hybridized carbons (Fsp3) is 0.286. The molecule has 28 heavy (non-hydrogen) atoms. The lowest BCUT2D eigenvalue weighted by atomic mass is 9.95. The molecule has 1 fully saturated rings. The van der Waals surface area contributed by atoms with Crippen LogP contribution < -0.4 is 5.56 Å². The molecule has 1 aromatic heterocycles. The Morgan fingerprint density at radius 3 is 2.50 bits per heavy atom. The van der Waals surface area contributed by atoms with Crippen LogP contribution in [-0.4, -0.2) is 52.9 Å². The molecule has 6 nitrogen and oxygen atoms in total. The highest BCUT2D eigenvalue weighted by atomic mass is 35.5. The van der Waals surface area contributed by atoms with Gasteiger partial charge in [0, 0.05) is 36.1 Å². The summed E-state index contributed by atoms with van der Waals surface area (Å²) < 4.78 is 5.46. The van der Waals surface area contributed by atoms with Crippen molar-refractivity contribution in [2.75, 3.05) is 32.8 Å². The molecule has 1 saturated heterocycles. The van der Waals surface area contributed by atoms with Gasteiger partial charge in [-0.3, -0.25) is 9.69 Å². The van der Waals surface area contributed by atoms with Crippen molar-refractivity contribution in [3.63, 3.8) is 0 Å². The van der Waals surface area contributed by atoms with Gasteiger partial charge in [-0.15, -0.1) is 0 Å². The Bertz CT molecular complexity index is 970. The van der Waals surface area contributed by atoms with Gasteiger partial charge in [0.05, 0.1) is 13.2 Å². The minimum absolute atomic E-state index is 0.190. The zero-order valence-corrected chi connectivity index (χ0v) is 16.1. The second-order valence-electron chi connectivity index (χ2n) is 6.76. The summed E-state index contributed by atoms with van der Waals surface area (Å²) in [5, 5.41) is 7.43. The SMILES string of the molecule is O=c1[nH]nc(-c2ccccc2)nc1C(CN1CCOCC1)c1ccc(Cl)cc1. The summed E-state index contributed by atoms with van der Waals surface area (Å²) in [5.41, 5.74) is 2.05. The van der Waals surface area contributed by atoms with Crippen LogP contribution in [0.15, 0.2) is 59.4 Å². The molecule has 1 aliphatic rings. The van der Waals surface area contributed by atoms with Gasteiger partial charge in [-0.2, -0.15) is 5.10 Å². The third kappa shape index (κ3) is 4.30. The molecular weight excluding hydrogens is 376 g/mol. The number of aromatic amines is 1. The number of rotatable bonds is 5. The van der Waals surface area contributed by atoms with Gasteiger partial charge in [0.1, 0.15) is 5.69 Å². The summed E-state index contributed by atoms with van der Waals surface area (Å²) in [6.45, 7) is 3.74. The lowest BCUT2D eigenvalue weighted by Crippen LogP contribution is -2.40. The molecule has 2 heterocycles. The fourth-order valence-corrected chi connectivity index (χ4v) is 3.52. The average Bonchev–Trinajstić information content (AvgIpc) is 2.75. The normalized spacial score (nSPS) is 16.0. The maximum absolute atomic E-state index is 12.7. The van der Waals surface area contributed by atoms with Gasteiger partial charge in [0.2, 0.25) is 0 Å². The van der Waals surface area contributed by atoms with Crippen LogP contribution >= 0.6 is 11.6 Å². The summed E-state index contributed by atoms with van der Waals surface area (Å²) in [5.74, 6) is 0.320. The van der Waals surface area contributed by atoms with E-state index in [0.717, 1.165) is 24.2 Å². The van der Waals surface area contributed by atoms with E-state index in [1.165, 1.54) is 0 Å². The molecule has 0 spiro atoms. The zero-order chi connectivity index (χ0) is 19.3. The number of ether oxygens (including phenoxy) is 1. The number of benzene rings is 2. The highest BCUT2D eigenvalue weighted by molar-refractivity contribution is 6.30. The van der Waals surface area contributed by atoms with E-state index in [-0.39, 0.29) is 11.5 Å². The van der Waals surface area contributed by atoms with Crippen LogP contribution in [0.3, 0.4) is 0 Å². The number of morpholine rings is 1. The van der Waals surface area contributed by atoms with Gasteiger partial charge < -0.3 is 4.74 Å². The van der Waals surface area contributed by atoms with Crippen LogP contribution in [-0.2, 0) is 4.74 Å². The van der Waals surface area contributed by atoms with E-state index in [2.05, 4.69) is 20.1 Å². The monoisotopic (exact) mass is 396 g/mol. The van der Waals surface area contributed by atoms with Crippen molar-refractivity contribution in [1.29, 1.82) is 0 Å². The molecule has 144 valence electrons. The Labute approximate surface area is 168 Å². The van der Waals surface area contributed by atoms with E-state index in [4.69, 9.17) is 16.3 Å². The molecule has 0 amide bonds. The lowest BCUT2D eigenvalue weighted by molar-refractivity contribution is 0.0363. The number of hydrogen-bond acceptors (Lipinski definition) is 5. The van der Waals surface area contributed by atoms with E-state index in [0.29, 0.717) is 36.3 Å². The minimum atomic E-state index is -0.270. The van der Waals surface area contributed by atoms with E-state index < -0.39 is 0 Å². The summed E-state index contributed by atoms with van der Waals surface area (Å²) in [7, 11) is 0. The van der Waals surface area contributed by atoms with Crippen LogP contribution in [0, 0.1) is 0 Å². The van der Waals surface area contributed by atoms with Crippen LogP contribution in [0.5, 0.6) is 0 Å². The molecule has 3 aromatic rings. The first-order chi connectivity index (χ1) is 13.7. The van der Waals surface area contributed by atoms with E-state index in [1.807, 2.05) is 54.6 Å². The highest BCUT2D eigenvalue weighted by Gasteiger charge is 2.24. The topological polar surface area (TPSA) is 71.1 Å². The predicted molar refractivity (Wildman–Crippen MR) is 109 cm³/mol. The van der Waals surface area contributed by atoms with Gasteiger partial charge in [-0.25, -0.2) is 10.1 Å². The molecule has 2 aromatic carbocycles. The highest BCUT2D eigenvalue weighted by Crippen LogP contribution is 2.25. The Balaban J connectivity index is 1.74. The molecule has 1 atom stereocenters. The molecule has 7 heteroatoms. The number of nitrogens with one attached hydrogen (secondary N) is 1. The van der Waals surface area contributed by atoms with Crippen molar-refractivity contribution in [3.05, 3.63) is 81.2 Å². The fourth-order valence-electron chi connectivity index (χ4n) is 3.39. The second kappa shape index (κ2) is 8.65. The van der Waals surface area contributed by atoms with Crippen molar-refractivity contribution < 1.29 is 4.74 Å². The third-order valence-corrected chi connectivity index (χ3v) is 5.15. The van der Waals surface area contributed by atoms with E-state index in [1.54, 1.807) is 0 Å². The van der Waals surface area contributed by atoms with Gasteiger partial charge in [0.15, 0.2) is 5.82 Å². The zero-order valence-electron chi connectivity index (χ0n) is 15.3. The molecule has 0 bridgehead atoms. The van der Waals surface area contributed by atoms with Crippen LogP contribution in [0.4, 0.5) is 0 Å². The number of hydrogen-bond donors (Lipinski definition) is 1. The first-order valence-electron chi connectivity index (χ1n) is 9.28. The molecule has 4 rings (SSSR count). The largest absolute Gasteiger partial charge is 0.379 e. The summed E-state index contributed by atoms with van der Waals surface area (Å²) in [6.07, 6.45) is 0. The third-order valence-electron chi connectivity index (χ3n) is 4.90. The average molecular weight is 397 g/mol. The van der Waals surface area contributed by atoms with Crippen molar-refractivity contribution in [1.82, 2.24) is 20.1 Å². The van der Waals surface area contributed by atoms with Crippen molar-refractivity contribution in [2.24, 2.45) is 0 Å². The summed E-state index contributed by atoms with van der Waals surface area (Å²) >= 11 is 6.07. The lowest BCUT2D eigenvalue weighted by Gasteiger charge is -2.30. The second-order valence-corrected chi connectivity index (χ2v) is 7.19. The number of halogens is 1. The number of nitrogens with zero attached hydrogens (tertiary/aromatic N) is 3. The van der Waals surface area contributed by atoms with Crippen molar-refractivity contribution in [3.8, 4) is 11.4 Å². The summed E-state index contributed by atoms with van der Waals surface area (Å²) in [6, 6.07) is 17.2. The van der Waals surface area contributed by atoms with Crippen LogP contribution in [0.25, 0.3) is 11.4 Å². The maximum Gasteiger partial charge on any atom is 0.286 e. The van der Waals surface area contributed by atoms with Gasteiger partial charge in [0.25, 0.3) is 5.56 Å². The van der Waals surface area contributed by atoms with Crippen LogP contribution in [0.1, 0.15) is 17.2 Å². The molecule has 1 unspecified atom stereocenters. The molecular formula is C21H21ClN4O2. The standard InChI is InChI=1S/C21H21ClN4O2/c22-17-8-6-15(7-9-17)18(14-26-10-12-28-13-11-26)19-21(27)25-24-20(23-19)16-4-2-1-3-5-16/h1-9,18H,10-14H2,(H,25,27). The van der Waals surface area contributed by atoms with E-state index in [9.17, 15) is 4.79 Å². The van der Waals surface area contributed by atoms with Gasteiger partial charge >= 0.3 is 0 Å². The Morgan fingerprint density at radius 2 is 1.79 bits per heavy atom. The summed E-state index contributed by atoms with van der Waals surface area (Å²) in [4.78, 5) is 19.6. The van der Waals surface area contributed by atoms with Gasteiger partial charge in [-0.05, 0) is 17.7 Å². The maximum atomic E-state index is 12.7. The molecule has 0 radical (unpaired) electrons. The smallest absolute Gasteiger partial charge is 0.286 e. The quantitative estimate of drug-likeness (QED) is 0.718. The van der Waals surface area contributed by atoms with Crippen molar-refractivity contribution >= 4 is 11.6 Å². The Morgan fingerprint density at radius 1 is 1.07 bits per heavy atom. The predicted octanol–water partition coefficient (Wildman–Crippen LogP) is 2.95. The Kier molecular flexibility index (Phi) is 5.81. The molecule has 0 aliphatic carbocycles. The molecule has 1 N–H and O–H groups in total.